The van der Waals surface area contributed by atoms with E-state index >= 15 is 0 Å². The van der Waals surface area contributed by atoms with Crippen molar-refractivity contribution in [2.45, 2.75) is 11.5 Å². The van der Waals surface area contributed by atoms with Gasteiger partial charge in [-0.25, -0.2) is 13.2 Å². The Morgan fingerprint density at radius 1 is 0.742 bits per heavy atom. The average molecular weight is 434 g/mol. The molecule has 0 bridgehead atoms. The van der Waals surface area contributed by atoms with Crippen LogP contribution >= 0.6 is 0 Å². The van der Waals surface area contributed by atoms with Crippen molar-refractivity contribution in [1.82, 2.24) is 0 Å². The Morgan fingerprint density at radius 2 is 1.32 bits per heavy atom. The summed E-state index contributed by atoms with van der Waals surface area (Å²) in [6.07, 6.45) is -1.02. The van der Waals surface area contributed by atoms with E-state index in [1.165, 1.54) is 12.1 Å². The first-order valence-electron chi connectivity index (χ1n) is 9.49. The second-order valence-electron chi connectivity index (χ2n) is 6.81. The van der Waals surface area contributed by atoms with Gasteiger partial charge in [-0.1, -0.05) is 72.8 Å². The molecule has 31 heavy (non-hydrogen) atoms. The van der Waals surface area contributed by atoms with Crippen molar-refractivity contribution in [2.75, 3.05) is 6.61 Å². The molecule has 0 saturated carbocycles. The van der Waals surface area contributed by atoms with Gasteiger partial charge in [-0.15, -0.1) is 0 Å². The van der Waals surface area contributed by atoms with Gasteiger partial charge in [-0.3, -0.25) is 4.79 Å². The number of benzene rings is 3. The van der Waals surface area contributed by atoms with Crippen LogP contribution in [0.25, 0.3) is 5.57 Å². The molecule has 3 aromatic rings. The van der Waals surface area contributed by atoms with Crippen molar-refractivity contribution in [2.24, 2.45) is 0 Å². The third kappa shape index (κ3) is 4.13. The van der Waals surface area contributed by atoms with E-state index in [0.29, 0.717) is 5.56 Å². The zero-order chi connectivity index (χ0) is 21.8. The zero-order valence-corrected chi connectivity index (χ0v) is 17.2. The Bertz CT molecular complexity index is 1260. The maximum atomic E-state index is 13.3. The predicted octanol–water partition coefficient (Wildman–Crippen LogP) is 4.42. The lowest BCUT2D eigenvalue weighted by Crippen LogP contribution is -2.25. The number of carbonyl (C=O) groups is 2. The van der Waals surface area contributed by atoms with Crippen molar-refractivity contribution in [3.8, 4) is 0 Å². The average Bonchev–Trinajstić information content (AvgIpc) is 2.80. The van der Waals surface area contributed by atoms with Crippen LogP contribution in [0, 0.1) is 0 Å². The van der Waals surface area contributed by atoms with Crippen LogP contribution in [0.5, 0.6) is 0 Å². The van der Waals surface area contributed by atoms with Gasteiger partial charge in [0.05, 0.1) is 9.80 Å². The quantitative estimate of drug-likeness (QED) is 0.553. The second-order valence-corrected chi connectivity index (χ2v) is 8.75. The summed E-state index contributed by atoms with van der Waals surface area (Å²) in [6.45, 7) is -0.626. The van der Waals surface area contributed by atoms with Gasteiger partial charge in [-0.2, -0.15) is 0 Å². The van der Waals surface area contributed by atoms with Crippen LogP contribution in [0.15, 0.2) is 94.7 Å². The molecular formula is C24H18O6S. The molecule has 0 spiro atoms. The summed E-state index contributed by atoms with van der Waals surface area (Å²) in [7, 11) is -4.05. The van der Waals surface area contributed by atoms with Crippen molar-refractivity contribution >= 4 is 27.3 Å². The summed E-state index contributed by atoms with van der Waals surface area (Å²) in [5.41, 5.74) is 1.28. The topological polar surface area (TPSA) is 86.7 Å². The van der Waals surface area contributed by atoms with E-state index in [4.69, 9.17) is 9.47 Å². The van der Waals surface area contributed by atoms with Gasteiger partial charge >= 0.3 is 6.16 Å². The Labute approximate surface area is 179 Å². The van der Waals surface area contributed by atoms with Gasteiger partial charge in [0.2, 0.25) is 9.84 Å². The van der Waals surface area contributed by atoms with Crippen LogP contribution in [-0.4, -0.2) is 27.0 Å². The van der Waals surface area contributed by atoms with Gasteiger partial charge in [0.25, 0.3) is 0 Å². The molecule has 0 amide bonds. The van der Waals surface area contributed by atoms with Crippen LogP contribution in [0.4, 0.5) is 4.79 Å². The lowest BCUT2D eigenvalue weighted by atomic mass is 9.96. The molecule has 0 N–H and O–H groups in total. The highest BCUT2D eigenvalue weighted by Gasteiger charge is 2.38. The predicted molar refractivity (Wildman–Crippen MR) is 114 cm³/mol. The molecule has 0 aromatic heterocycles. The molecule has 3 aromatic carbocycles. The van der Waals surface area contributed by atoms with Crippen LogP contribution in [0.2, 0.25) is 0 Å². The third-order valence-electron chi connectivity index (χ3n) is 4.83. The highest BCUT2D eigenvalue weighted by Crippen LogP contribution is 2.37. The Balaban J connectivity index is 1.65. The normalized spacial score (nSPS) is 14.6. The monoisotopic (exact) mass is 434 g/mol. The maximum absolute atomic E-state index is 13.3. The molecule has 1 aliphatic heterocycles. The minimum Gasteiger partial charge on any atom is -0.429 e. The first kappa shape index (κ1) is 20.6. The molecule has 0 saturated heterocycles. The smallest absolute Gasteiger partial charge is 0.429 e. The lowest BCUT2D eigenvalue weighted by molar-refractivity contribution is 0.0569. The summed E-state index contributed by atoms with van der Waals surface area (Å²) in [4.78, 5) is 24.9. The number of ketones is 1. The molecule has 0 aliphatic carbocycles. The molecule has 156 valence electrons. The number of hydrogen-bond acceptors (Lipinski definition) is 6. The molecule has 0 fully saturated rings. The first-order valence-corrected chi connectivity index (χ1v) is 11.0. The molecule has 1 heterocycles. The summed E-state index contributed by atoms with van der Waals surface area (Å²) in [5.74, 6) is -0.437. The van der Waals surface area contributed by atoms with E-state index in [0.717, 1.165) is 5.56 Å². The summed E-state index contributed by atoms with van der Waals surface area (Å²) >= 11 is 0. The van der Waals surface area contributed by atoms with E-state index in [9.17, 15) is 18.0 Å². The number of Topliss-reactive ketones (excluding diaryl/α,β-unsaturated/α-hetero) is 1. The SMILES string of the molecule is O=C(OCC1=C(c2ccccc2)C(=O)c2ccccc2S1(=O)=O)OCc1ccccc1. The minimum absolute atomic E-state index is 0.00448. The maximum Gasteiger partial charge on any atom is 0.508 e. The molecule has 4 rings (SSSR count). The number of rotatable bonds is 5. The molecule has 1 aliphatic rings. The van der Waals surface area contributed by atoms with E-state index in [-0.39, 0.29) is 27.5 Å². The Kier molecular flexibility index (Phi) is 5.68. The molecule has 0 unspecified atom stereocenters. The van der Waals surface area contributed by atoms with E-state index in [1.807, 2.05) is 6.07 Å². The number of sulfone groups is 1. The molecule has 0 radical (unpaired) electrons. The number of ether oxygens (including phenoxy) is 2. The number of allylic oxidation sites excluding steroid dienone is 1. The highest BCUT2D eigenvalue weighted by molar-refractivity contribution is 7.95. The van der Waals surface area contributed by atoms with E-state index < -0.39 is 28.4 Å². The minimum atomic E-state index is -4.05. The van der Waals surface area contributed by atoms with Crippen molar-refractivity contribution in [3.63, 3.8) is 0 Å². The van der Waals surface area contributed by atoms with Gasteiger partial charge in [0.15, 0.2) is 5.78 Å². The van der Waals surface area contributed by atoms with Gasteiger partial charge in [-0.05, 0) is 23.3 Å². The van der Waals surface area contributed by atoms with Crippen LogP contribution in [0.3, 0.4) is 0 Å². The first-order chi connectivity index (χ1) is 15.0. The van der Waals surface area contributed by atoms with E-state index in [2.05, 4.69) is 0 Å². The summed E-state index contributed by atoms with van der Waals surface area (Å²) in [6, 6.07) is 23.5. The van der Waals surface area contributed by atoms with Gasteiger partial charge in [0, 0.05) is 11.1 Å². The molecule has 0 atom stereocenters. The van der Waals surface area contributed by atoms with Crippen LogP contribution < -0.4 is 0 Å². The third-order valence-corrected chi connectivity index (χ3v) is 6.74. The summed E-state index contributed by atoms with van der Waals surface area (Å²) in [5, 5.41) is 0. The van der Waals surface area contributed by atoms with E-state index in [1.54, 1.807) is 66.7 Å². The number of carbonyl (C=O) groups excluding carboxylic acids is 2. The fourth-order valence-corrected chi connectivity index (χ4v) is 5.01. The fourth-order valence-electron chi connectivity index (χ4n) is 3.35. The standard InChI is InChI=1S/C24H18O6S/c25-23-19-13-7-8-14-20(19)31(27,28)21(22(23)18-11-5-2-6-12-18)16-30-24(26)29-15-17-9-3-1-4-10-17/h1-14H,15-16H2. The second kappa shape index (κ2) is 8.57. The zero-order valence-electron chi connectivity index (χ0n) is 16.4. The van der Waals surface area contributed by atoms with Crippen LogP contribution in [-0.2, 0) is 25.9 Å². The van der Waals surface area contributed by atoms with Gasteiger partial charge < -0.3 is 9.47 Å². The Morgan fingerprint density at radius 3 is 2.03 bits per heavy atom. The van der Waals surface area contributed by atoms with Crippen molar-refractivity contribution < 1.29 is 27.5 Å². The van der Waals surface area contributed by atoms with Crippen LogP contribution in [0.1, 0.15) is 21.5 Å². The van der Waals surface area contributed by atoms with Gasteiger partial charge in [0.1, 0.15) is 13.2 Å². The molecule has 6 nitrogen and oxygen atoms in total. The largest absolute Gasteiger partial charge is 0.508 e. The lowest BCUT2D eigenvalue weighted by Gasteiger charge is -2.22. The van der Waals surface area contributed by atoms with Crippen molar-refractivity contribution in [1.29, 1.82) is 0 Å². The molecule has 7 heteroatoms. The molecular weight excluding hydrogens is 416 g/mol. The Hall–Kier alpha value is -3.71. The highest BCUT2D eigenvalue weighted by atomic mass is 32.2. The van der Waals surface area contributed by atoms with Crippen molar-refractivity contribution in [3.05, 3.63) is 107 Å². The number of fused-ring (bicyclic) bond motifs is 1. The number of hydrogen-bond donors (Lipinski definition) is 0. The fraction of sp³-hybridized carbons (Fsp3) is 0.0833. The summed E-state index contributed by atoms with van der Waals surface area (Å²) < 4.78 is 36.7.